The van der Waals surface area contributed by atoms with E-state index in [-0.39, 0.29) is 11.3 Å². The SMILES string of the molecule is O=C(O)[C@@H]1CCCN1C(=O)C12CC3C[C@H](CC[C@@H](C3)C1)C2. The van der Waals surface area contributed by atoms with Gasteiger partial charge in [-0.3, -0.25) is 4.79 Å². The number of nitrogens with zero attached hydrogens (tertiary/aromatic N) is 1. The number of hydrogen-bond donors (Lipinski definition) is 1. The van der Waals surface area contributed by atoms with Gasteiger partial charge < -0.3 is 10.0 Å². The Morgan fingerprint density at radius 1 is 0.952 bits per heavy atom. The van der Waals surface area contributed by atoms with Gasteiger partial charge in [0.2, 0.25) is 5.91 Å². The van der Waals surface area contributed by atoms with Crippen LogP contribution in [0.15, 0.2) is 0 Å². The van der Waals surface area contributed by atoms with Crippen molar-refractivity contribution < 1.29 is 14.7 Å². The largest absolute Gasteiger partial charge is 0.480 e. The molecule has 4 aliphatic carbocycles. The normalized spacial score (nSPS) is 44.9. The van der Waals surface area contributed by atoms with E-state index in [1.54, 1.807) is 4.90 Å². The fourth-order valence-corrected chi connectivity index (χ4v) is 6.02. The van der Waals surface area contributed by atoms with Gasteiger partial charge in [0.15, 0.2) is 0 Å². The molecule has 1 saturated heterocycles. The van der Waals surface area contributed by atoms with E-state index in [1.165, 1.54) is 25.7 Å². The van der Waals surface area contributed by atoms with Crippen LogP contribution in [0.3, 0.4) is 0 Å². The highest BCUT2D eigenvalue weighted by Crippen LogP contribution is 2.58. The van der Waals surface area contributed by atoms with Gasteiger partial charge in [0, 0.05) is 6.54 Å². The standard InChI is InChI=1S/C17H25NO3/c19-15(20)14-2-1-5-18(14)16(21)17-8-11-3-4-12(9-17)7-13(6-11)10-17/h11-14H,1-10H2,(H,19,20)/t11-,12-,13?,14-,17?/m0/s1. The first-order chi connectivity index (χ1) is 10.1. The highest BCUT2D eigenvalue weighted by Gasteiger charge is 2.55. The third-order valence-corrected chi connectivity index (χ3v) is 6.61. The van der Waals surface area contributed by atoms with Crippen LogP contribution >= 0.6 is 0 Å². The molecule has 116 valence electrons. The highest BCUT2D eigenvalue weighted by molar-refractivity contribution is 5.88. The Labute approximate surface area is 125 Å². The van der Waals surface area contributed by atoms with Crippen molar-refractivity contribution in [2.24, 2.45) is 23.2 Å². The van der Waals surface area contributed by atoms with E-state index in [0.717, 1.165) is 31.6 Å². The Hall–Kier alpha value is -1.06. The van der Waals surface area contributed by atoms with E-state index >= 15 is 0 Å². The third kappa shape index (κ3) is 2.09. The summed E-state index contributed by atoms with van der Waals surface area (Å²) in [6.07, 6.45) is 9.77. The van der Waals surface area contributed by atoms with Gasteiger partial charge in [-0.25, -0.2) is 4.79 Å². The van der Waals surface area contributed by atoms with Crippen LogP contribution in [0.1, 0.15) is 57.8 Å². The molecular formula is C17H25NO3. The quantitative estimate of drug-likeness (QED) is 0.851. The minimum atomic E-state index is -0.816. The molecule has 0 aromatic heterocycles. The van der Waals surface area contributed by atoms with Crippen LogP contribution in [0.25, 0.3) is 0 Å². The zero-order chi connectivity index (χ0) is 14.6. The van der Waals surface area contributed by atoms with Crippen LogP contribution < -0.4 is 0 Å². The molecule has 1 amide bonds. The van der Waals surface area contributed by atoms with Crippen LogP contribution in [0, 0.1) is 23.2 Å². The minimum Gasteiger partial charge on any atom is -0.480 e. The molecule has 0 radical (unpaired) electrons. The predicted octanol–water partition coefficient (Wildman–Crippen LogP) is 2.67. The number of likely N-dealkylation sites (tertiary alicyclic amines) is 1. The maximum atomic E-state index is 13.2. The molecule has 5 fully saturated rings. The van der Waals surface area contributed by atoms with Crippen LogP contribution in [0.4, 0.5) is 0 Å². The van der Waals surface area contributed by atoms with Gasteiger partial charge in [-0.1, -0.05) is 12.8 Å². The van der Waals surface area contributed by atoms with Crippen molar-refractivity contribution in [3.63, 3.8) is 0 Å². The molecule has 21 heavy (non-hydrogen) atoms. The predicted molar refractivity (Wildman–Crippen MR) is 77.6 cm³/mol. The molecule has 1 heterocycles. The first-order valence-electron chi connectivity index (χ1n) is 8.61. The Morgan fingerprint density at radius 2 is 1.57 bits per heavy atom. The number of carbonyl (C=O) groups is 2. The van der Waals surface area contributed by atoms with Gasteiger partial charge in [0.05, 0.1) is 5.41 Å². The molecule has 0 aromatic carbocycles. The highest BCUT2D eigenvalue weighted by atomic mass is 16.4. The molecular weight excluding hydrogens is 266 g/mol. The summed E-state index contributed by atoms with van der Waals surface area (Å²) in [5.41, 5.74) is -0.203. The van der Waals surface area contributed by atoms with Crippen molar-refractivity contribution >= 4 is 11.9 Å². The lowest BCUT2D eigenvalue weighted by Crippen LogP contribution is -2.52. The van der Waals surface area contributed by atoms with Gasteiger partial charge in [-0.2, -0.15) is 0 Å². The zero-order valence-corrected chi connectivity index (χ0v) is 12.6. The Morgan fingerprint density at radius 3 is 2.19 bits per heavy atom. The van der Waals surface area contributed by atoms with Gasteiger partial charge in [-0.05, 0) is 62.7 Å². The van der Waals surface area contributed by atoms with Crippen LogP contribution in [-0.2, 0) is 9.59 Å². The molecule has 0 aromatic rings. The summed E-state index contributed by atoms with van der Waals surface area (Å²) in [7, 11) is 0. The number of aliphatic carboxylic acids is 1. The molecule has 4 heteroatoms. The Kier molecular flexibility index (Phi) is 3.05. The first kappa shape index (κ1) is 13.6. The maximum absolute atomic E-state index is 13.2. The molecule has 4 bridgehead atoms. The summed E-state index contributed by atoms with van der Waals surface area (Å²) < 4.78 is 0. The Balaban J connectivity index is 1.62. The minimum absolute atomic E-state index is 0.189. The van der Waals surface area contributed by atoms with Crippen LogP contribution in [0.5, 0.6) is 0 Å². The maximum Gasteiger partial charge on any atom is 0.326 e. The molecule has 5 aliphatic rings. The van der Waals surface area contributed by atoms with Crippen LogP contribution in [0.2, 0.25) is 0 Å². The number of amides is 1. The average molecular weight is 291 g/mol. The van der Waals surface area contributed by atoms with E-state index < -0.39 is 12.0 Å². The lowest BCUT2D eigenvalue weighted by molar-refractivity contribution is -0.158. The first-order valence-corrected chi connectivity index (χ1v) is 8.61. The molecule has 3 atom stereocenters. The van der Waals surface area contributed by atoms with Crippen molar-refractivity contribution in [1.82, 2.24) is 4.90 Å². The summed E-state index contributed by atoms with van der Waals surface area (Å²) in [6, 6.07) is -0.563. The molecule has 5 rings (SSSR count). The number of carboxylic acid groups (broad SMARTS) is 1. The van der Waals surface area contributed by atoms with Gasteiger partial charge in [0.1, 0.15) is 6.04 Å². The van der Waals surface area contributed by atoms with E-state index in [0.29, 0.717) is 24.8 Å². The van der Waals surface area contributed by atoms with Crippen molar-refractivity contribution in [2.75, 3.05) is 6.54 Å². The molecule has 4 nitrogen and oxygen atoms in total. The van der Waals surface area contributed by atoms with Crippen molar-refractivity contribution in [3.05, 3.63) is 0 Å². The number of rotatable bonds is 2. The van der Waals surface area contributed by atoms with E-state index in [2.05, 4.69) is 0 Å². The molecule has 0 spiro atoms. The summed E-state index contributed by atoms with van der Waals surface area (Å²) >= 11 is 0. The average Bonchev–Trinajstić information content (AvgIpc) is 2.83. The number of carbonyl (C=O) groups excluding carboxylic acids is 1. The van der Waals surface area contributed by atoms with Gasteiger partial charge >= 0.3 is 5.97 Å². The van der Waals surface area contributed by atoms with Crippen molar-refractivity contribution in [3.8, 4) is 0 Å². The van der Waals surface area contributed by atoms with E-state index in [1.807, 2.05) is 0 Å². The summed E-state index contributed by atoms with van der Waals surface area (Å²) in [4.78, 5) is 26.4. The smallest absolute Gasteiger partial charge is 0.326 e. The fraction of sp³-hybridized carbons (Fsp3) is 0.882. The monoisotopic (exact) mass is 291 g/mol. The second-order valence-corrected chi connectivity index (χ2v) is 8.03. The molecule has 1 aliphatic heterocycles. The van der Waals surface area contributed by atoms with E-state index in [4.69, 9.17) is 0 Å². The second kappa shape index (κ2) is 4.72. The van der Waals surface area contributed by atoms with Crippen molar-refractivity contribution in [1.29, 1.82) is 0 Å². The second-order valence-electron chi connectivity index (χ2n) is 8.03. The lowest BCUT2D eigenvalue weighted by Gasteiger charge is -2.48. The lowest BCUT2D eigenvalue weighted by atomic mass is 9.58. The number of fused-ring (bicyclic) bond motifs is 1. The summed E-state index contributed by atoms with van der Waals surface area (Å²) in [5, 5.41) is 9.38. The molecule has 0 unspecified atom stereocenters. The summed E-state index contributed by atoms with van der Waals surface area (Å²) in [5.74, 6) is 1.52. The van der Waals surface area contributed by atoms with Gasteiger partial charge in [0.25, 0.3) is 0 Å². The number of hydrogen-bond acceptors (Lipinski definition) is 2. The Bertz CT molecular complexity index is 459. The molecule has 4 saturated carbocycles. The van der Waals surface area contributed by atoms with Crippen LogP contribution in [-0.4, -0.2) is 34.5 Å². The van der Waals surface area contributed by atoms with Gasteiger partial charge in [-0.15, -0.1) is 0 Å². The fourth-order valence-electron chi connectivity index (χ4n) is 6.02. The zero-order valence-electron chi connectivity index (χ0n) is 12.6. The van der Waals surface area contributed by atoms with Crippen molar-refractivity contribution in [2.45, 2.75) is 63.8 Å². The third-order valence-electron chi connectivity index (χ3n) is 6.61. The summed E-state index contributed by atoms with van der Waals surface area (Å²) in [6.45, 7) is 0.650. The topological polar surface area (TPSA) is 57.6 Å². The number of carboxylic acids is 1. The van der Waals surface area contributed by atoms with E-state index in [9.17, 15) is 14.7 Å². The molecule has 1 N–H and O–H groups in total.